The molecular formula is C26H26N4O4S2. The first-order chi connectivity index (χ1) is 17.3. The third kappa shape index (κ3) is 5.29. The van der Waals surface area contributed by atoms with Gasteiger partial charge in [0.2, 0.25) is 5.91 Å². The van der Waals surface area contributed by atoms with E-state index in [2.05, 4.69) is 5.32 Å². The smallest absolute Gasteiger partial charge is 0.295 e. The molecule has 4 rings (SSSR count). The molecule has 36 heavy (non-hydrogen) atoms. The number of methoxy groups -OCH3 is 1. The lowest BCUT2D eigenvalue weighted by molar-refractivity contribution is -0.122. The summed E-state index contributed by atoms with van der Waals surface area (Å²) < 4.78 is 8.85. The normalized spacial score (nSPS) is 14.5. The lowest BCUT2D eigenvalue weighted by atomic mass is 10.2. The van der Waals surface area contributed by atoms with E-state index in [0.717, 1.165) is 11.3 Å². The Morgan fingerprint density at radius 3 is 2.47 bits per heavy atom. The minimum atomic E-state index is -0.296. The number of thioether (sulfide) groups is 1. The van der Waals surface area contributed by atoms with Crippen LogP contribution in [0.5, 0.6) is 5.75 Å². The molecular weight excluding hydrogens is 496 g/mol. The highest BCUT2D eigenvalue weighted by Gasteiger charge is 2.31. The standard InChI is InChI=1S/C26H26N4O4S2/c1-17-23(25(33)30(28(17)2)19-8-5-4-6-9-19)27-22(31)10-7-15-29-24(32)21(36-26(29)35)16-18-11-13-20(34-3)14-12-18/h4-6,8-9,11-14,16H,7,10,15H2,1-3H3,(H,27,31). The topological polar surface area (TPSA) is 85.6 Å². The molecule has 0 spiro atoms. The van der Waals surface area contributed by atoms with Gasteiger partial charge in [-0.25, -0.2) is 4.68 Å². The van der Waals surface area contributed by atoms with Crippen molar-refractivity contribution in [1.82, 2.24) is 14.3 Å². The van der Waals surface area contributed by atoms with E-state index in [4.69, 9.17) is 17.0 Å². The van der Waals surface area contributed by atoms with Crippen molar-refractivity contribution in [3.8, 4) is 11.4 Å². The van der Waals surface area contributed by atoms with Crippen LogP contribution in [0.3, 0.4) is 0 Å². The Kier molecular flexibility index (Phi) is 7.76. The van der Waals surface area contributed by atoms with Gasteiger partial charge in [0.25, 0.3) is 11.5 Å². The van der Waals surface area contributed by atoms with E-state index in [1.165, 1.54) is 21.3 Å². The molecule has 186 valence electrons. The quantitative estimate of drug-likeness (QED) is 0.354. The highest BCUT2D eigenvalue weighted by Crippen LogP contribution is 2.33. The summed E-state index contributed by atoms with van der Waals surface area (Å²) in [6.45, 7) is 2.10. The van der Waals surface area contributed by atoms with Crippen molar-refractivity contribution in [3.63, 3.8) is 0 Å². The van der Waals surface area contributed by atoms with Gasteiger partial charge in [-0.2, -0.15) is 0 Å². The summed E-state index contributed by atoms with van der Waals surface area (Å²) in [6, 6.07) is 16.6. The number of carbonyl (C=O) groups excluding carboxylic acids is 2. The molecule has 1 saturated heterocycles. The number of nitrogens with zero attached hydrogens (tertiary/aromatic N) is 3. The second-order valence-corrected chi connectivity index (χ2v) is 9.87. The van der Waals surface area contributed by atoms with Crippen LogP contribution in [-0.2, 0) is 16.6 Å². The molecule has 2 heterocycles. The second kappa shape index (κ2) is 11.0. The highest BCUT2D eigenvalue weighted by atomic mass is 32.2. The molecule has 0 bridgehead atoms. The molecule has 0 unspecified atom stereocenters. The molecule has 1 fully saturated rings. The fourth-order valence-corrected chi connectivity index (χ4v) is 5.16. The Labute approximate surface area is 218 Å². The number of carbonyl (C=O) groups is 2. The van der Waals surface area contributed by atoms with Gasteiger partial charge in [-0.05, 0) is 49.2 Å². The number of rotatable bonds is 8. The molecule has 2 amide bonds. The predicted molar refractivity (Wildman–Crippen MR) is 146 cm³/mol. The molecule has 1 aliphatic rings. The van der Waals surface area contributed by atoms with Crippen LogP contribution in [-0.4, -0.2) is 44.1 Å². The van der Waals surface area contributed by atoms with Crippen LogP contribution in [0.15, 0.2) is 64.3 Å². The molecule has 3 aromatic rings. The molecule has 1 N–H and O–H groups in total. The van der Waals surface area contributed by atoms with E-state index in [0.29, 0.717) is 33.6 Å². The molecule has 10 heteroatoms. The first-order valence-corrected chi connectivity index (χ1v) is 12.6. The largest absolute Gasteiger partial charge is 0.497 e. The van der Waals surface area contributed by atoms with Crippen molar-refractivity contribution >= 4 is 51.9 Å². The number of ether oxygens (including phenoxy) is 1. The molecule has 1 aliphatic heterocycles. The summed E-state index contributed by atoms with van der Waals surface area (Å²) in [4.78, 5) is 40.5. The Morgan fingerprint density at radius 2 is 1.81 bits per heavy atom. The molecule has 0 atom stereocenters. The Balaban J connectivity index is 1.36. The van der Waals surface area contributed by atoms with Gasteiger partial charge in [0.1, 0.15) is 15.8 Å². The van der Waals surface area contributed by atoms with Crippen LogP contribution in [0.2, 0.25) is 0 Å². The maximum atomic E-state index is 13.0. The van der Waals surface area contributed by atoms with E-state index in [1.54, 1.807) is 31.8 Å². The van der Waals surface area contributed by atoms with Gasteiger partial charge in [0.05, 0.1) is 23.4 Å². The van der Waals surface area contributed by atoms with Crippen molar-refractivity contribution < 1.29 is 14.3 Å². The summed E-state index contributed by atoms with van der Waals surface area (Å²) >= 11 is 6.64. The van der Waals surface area contributed by atoms with Crippen LogP contribution in [0.25, 0.3) is 11.8 Å². The van der Waals surface area contributed by atoms with Crippen molar-refractivity contribution in [3.05, 3.63) is 81.1 Å². The van der Waals surface area contributed by atoms with Crippen LogP contribution in [0, 0.1) is 6.92 Å². The number of aromatic nitrogens is 2. The van der Waals surface area contributed by atoms with Gasteiger partial charge in [0, 0.05) is 20.0 Å². The van der Waals surface area contributed by atoms with Gasteiger partial charge >= 0.3 is 0 Å². The molecule has 8 nitrogen and oxygen atoms in total. The number of nitrogens with one attached hydrogen (secondary N) is 1. The van der Waals surface area contributed by atoms with Crippen molar-refractivity contribution in [2.45, 2.75) is 19.8 Å². The van der Waals surface area contributed by atoms with Gasteiger partial charge in [-0.15, -0.1) is 0 Å². The lowest BCUT2D eigenvalue weighted by Crippen LogP contribution is -2.30. The van der Waals surface area contributed by atoms with Crippen LogP contribution >= 0.6 is 24.0 Å². The zero-order chi connectivity index (χ0) is 25.8. The van der Waals surface area contributed by atoms with Crippen LogP contribution in [0.4, 0.5) is 5.69 Å². The van der Waals surface area contributed by atoms with E-state index in [1.807, 2.05) is 54.6 Å². The van der Waals surface area contributed by atoms with Gasteiger partial charge in [-0.1, -0.05) is 54.3 Å². The Bertz CT molecular complexity index is 1390. The average molecular weight is 523 g/mol. The number of amides is 2. The number of thiocarbonyl (C=S) groups is 1. The Morgan fingerprint density at radius 1 is 1.11 bits per heavy atom. The molecule has 0 radical (unpaired) electrons. The third-order valence-electron chi connectivity index (χ3n) is 5.89. The van der Waals surface area contributed by atoms with E-state index in [9.17, 15) is 14.4 Å². The fraction of sp³-hybridized carbons (Fsp3) is 0.231. The molecule has 0 saturated carbocycles. The average Bonchev–Trinajstić information content (AvgIpc) is 3.26. The van der Waals surface area contributed by atoms with Gasteiger partial charge in [-0.3, -0.25) is 24.0 Å². The lowest BCUT2D eigenvalue weighted by Gasteiger charge is -2.14. The molecule has 2 aromatic carbocycles. The predicted octanol–water partition coefficient (Wildman–Crippen LogP) is 4.11. The summed E-state index contributed by atoms with van der Waals surface area (Å²) in [5, 5.41) is 2.75. The van der Waals surface area contributed by atoms with Gasteiger partial charge in [0.15, 0.2) is 0 Å². The van der Waals surface area contributed by atoms with E-state index < -0.39 is 0 Å². The number of hydrogen-bond acceptors (Lipinski definition) is 6. The SMILES string of the molecule is COc1ccc(C=C2SC(=S)N(CCCC(=O)Nc3c(C)n(C)n(-c4ccccc4)c3=O)C2=O)cc1. The van der Waals surface area contributed by atoms with Crippen molar-refractivity contribution in [2.24, 2.45) is 7.05 Å². The number of hydrogen-bond donors (Lipinski definition) is 1. The third-order valence-corrected chi connectivity index (χ3v) is 7.27. The second-order valence-electron chi connectivity index (χ2n) is 8.19. The first-order valence-electron chi connectivity index (χ1n) is 11.3. The van der Waals surface area contributed by atoms with E-state index in [-0.39, 0.29) is 29.5 Å². The summed E-state index contributed by atoms with van der Waals surface area (Å²) in [5.41, 5.74) is 2.19. The monoisotopic (exact) mass is 522 g/mol. The minimum absolute atomic E-state index is 0.147. The van der Waals surface area contributed by atoms with Crippen LogP contribution < -0.4 is 15.6 Å². The highest BCUT2D eigenvalue weighted by molar-refractivity contribution is 8.26. The maximum Gasteiger partial charge on any atom is 0.295 e. The fourth-order valence-electron chi connectivity index (χ4n) is 3.86. The minimum Gasteiger partial charge on any atom is -0.497 e. The number of para-hydroxylation sites is 1. The summed E-state index contributed by atoms with van der Waals surface area (Å²) in [5.74, 6) is 0.272. The number of anilines is 1. The summed E-state index contributed by atoms with van der Waals surface area (Å²) in [6.07, 6.45) is 2.35. The molecule has 1 aromatic heterocycles. The van der Waals surface area contributed by atoms with E-state index >= 15 is 0 Å². The Hall–Kier alpha value is -3.63. The van der Waals surface area contributed by atoms with Crippen molar-refractivity contribution in [2.75, 3.05) is 19.0 Å². The zero-order valence-electron chi connectivity index (χ0n) is 20.2. The first kappa shape index (κ1) is 25.5. The number of benzene rings is 2. The van der Waals surface area contributed by atoms with Crippen molar-refractivity contribution in [1.29, 1.82) is 0 Å². The van der Waals surface area contributed by atoms with Gasteiger partial charge < -0.3 is 10.1 Å². The molecule has 0 aliphatic carbocycles. The maximum absolute atomic E-state index is 13.0. The summed E-state index contributed by atoms with van der Waals surface area (Å²) in [7, 11) is 3.37. The van der Waals surface area contributed by atoms with Crippen LogP contribution in [0.1, 0.15) is 24.1 Å². The zero-order valence-corrected chi connectivity index (χ0v) is 21.8.